The molecule has 1 saturated carbocycles. The van der Waals surface area contributed by atoms with Crippen molar-refractivity contribution in [1.82, 2.24) is 24.8 Å². The number of carbonyl (C=O) groups is 2. The fourth-order valence-electron chi connectivity index (χ4n) is 5.21. The number of esters is 1. The summed E-state index contributed by atoms with van der Waals surface area (Å²) in [6.45, 7) is 6.56. The number of hydrogen-bond acceptors (Lipinski definition) is 11. The molecule has 0 spiro atoms. The lowest BCUT2D eigenvalue weighted by Crippen LogP contribution is -2.56. The first kappa shape index (κ1) is 31.0. The van der Waals surface area contributed by atoms with Crippen LogP contribution in [-0.2, 0) is 34.3 Å². The Balaban J connectivity index is 1.24. The number of benzene rings is 1. The summed E-state index contributed by atoms with van der Waals surface area (Å²) in [7, 11) is 0. The summed E-state index contributed by atoms with van der Waals surface area (Å²) in [5.41, 5.74) is 6.50. The summed E-state index contributed by atoms with van der Waals surface area (Å²) in [5.74, 6) is -3.18. The minimum absolute atomic E-state index is 0.0312. The number of halogens is 1. The second kappa shape index (κ2) is 13.2. The Morgan fingerprint density at radius 3 is 2.56 bits per heavy atom. The summed E-state index contributed by atoms with van der Waals surface area (Å²) >= 11 is 0. The van der Waals surface area contributed by atoms with Crippen LogP contribution < -0.4 is 11.1 Å². The van der Waals surface area contributed by atoms with Crippen LogP contribution in [0.2, 0.25) is 0 Å². The predicted octanol–water partition coefficient (Wildman–Crippen LogP) is 2.45. The number of aromatic nitrogens is 4. The van der Waals surface area contributed by atoms with Gasteiger partial charge in [-0.05, 0) is 69.0 Å². The Morgan fingerprint density at radius 2 is 1.87 bits per heavy atom. The fraction of sp³-hybridized carbons (Fsp3) is 0.516. The van der Waals surface area contributed by atoms with Crippen LogP contribution in [0.25, 0.3) is 22.6 Å². The van der Waals surface area contributed by atoms with Crippen molar-refractivity contribution in [3.8, 4) is 22.6 Å². The van der Waals surface area contributed by atoms with Gasteiger partial charge in [-0.15, -0.1) is 0 Å². The SMILES string of the molecule is CC1(C(=O)OCC2CC2)COC(C(N)=O)(c2nc(-c3ccc(F)cc3)c(-c3ccnc(NCCCN4CCOCC4)n3)[nH]2)OC1. The van der Waals surface area contributed by atoms with Gasteiger partial charge in [-0.2, -0.15) is 0 Å². The Hall–Kier alpha value is -3.98. The zero-order valence-electron chi connectivity index (χ0n) is 25.2. The number of rotatable bonds is 12. The molecule has 2 saturated heterocycles. The molecule has 3 aliphatic rings. The molecule has 1 aromatic carbocycles. The van der Waals surface area contributed by atoms with Crippen molar-refractivity contribution in [2.45, 2.75) is 32.0 Å². The molecule has 0 unspecified atom stereocenters. The average Bonchev–Trinajstić information content (AvgIpc) is 3.78. The van der Waals surface area contributed by atoms with E-state index in [1.165, 1.54) is 12.1 Å². The standard InChI is InChI=1S/C31H38FN7O6/c1-30(28(41)43-17-20-3-4-20)18-44-31(26(33)40,45-19-30)27-37-24(21-5-7-22(32)8-6-21)25(38-27)23-9-11-35-29(36-23)34-10-2-12-39-13-15-42-16-14-39/h5-9,11,20H,2-4,10,12-19H2,1H3,(H2,33,40)(H,37,38)(H,34,35,36). The summed E-state index contributed by atoms with van der Waals surface area (Å²) in [4.78, 5) is 45.0. The number of nitrogens with two attached hydrogens (primary N) is 1. The van der Waals surface area contributed by atoms with Crippen LogP contribution in [0.5, 0.6) is 0 Å². The van der Waals surface area contributed by atoms with Crippen LogP contribution in [0.4, 0.5) is 10.3 Å². The number of ether oxygens (including phenoxy) is 4. The molecule has 3 aromatic rings. The predicted molar refractivity (Wildman–Crippen MR) is 160 cm³/mol. The zero-order valence-corrected chi connectivity index (χ0v) is 25.2. The lowest BCUT2D eigenvalue weighted by molar-refractivity contribution is -0.293. The van der Waals surface area contributed by atoms with Gasteiger partial charge in [0, 0.05) is 31.4 Å². The number of hydrogen-bond donors (Lipinski definition) is 3. The van der Waals surface area contributed by atoms with Gasteiger partial charge < -0.3 is 35.0 Å². The molecule has 14 heteroatoms. The Kier molecular flexibility index (Phi) is 9.08. The summed E-state index contributed by atoms with van der Waals surface area (Å²) in [6, 6.07) is 7.44. The molecule has 1 aliphatic carbocycles. The zero-order chi connectivity index (χ0) is 31.4. The number of amides is 1. The van der Waals surface area contributed by atoms with Crippen molar-refractivity contribution in [3.05, 3.63) is 48.2 Å². The van der Waals surface area contributed by atoms with Crippen molar-refractivity contribution in [3.63, 3.8) is 0 Å². The number of carbonyl (C=O) groups excluding carboxylic acids is 2. The molecule has 0 bridgehead atoms. The van der Waals surface area contributed by atoms with Gasteiger partial charge in [0.25, 0.3) is 5.91 Å². The highest BCUT2D eigenvalue weighted by Gasteiger charge is 2.54. The molecule has 3 fully saturated rings. The first-order valence-corrected chi connectivity index (χ1v) is 15.2. The number of anilines is 1. The van der Waals surface area contributed by atoms with Gasteiger partial charge in [-0.25, -0.2) is 19.3 Å². The highest BCUT2D eigenvalue weighted by atomic mass is 19.1. The van der Waals surface area contributed by atoms with Gasteiger partial charge in [0.2, 0.25) is 5.95 Å². The molecule has 1 amide bonds. The number of primary amides is 1. The van der Waals surface area contributed by atoms with Crippen LogP contribution in [-0.4, -0.2) is 95.9 Å². The van der Waals surface area contributed by atoms with E-state index >= 15 is 0 Å². The normalized spacial score (nSPS) is 23.9. The summed E-state index contributed by atoms with van der Waals surface area (Å²) in [6.07, 6.45) is 4.58. The maximum Gasteiger partial charge on any atom is 0.316 e. The Labute approximate surface area is 260 Å². The molecule has 4 N–H and O–H groups in total. The van der Waals surface area contributed by atoms with E-state index in [0.29, 0.717) is 47.7 Å². The van der Waals surface area contributed by atoms with E-state index in [9.17, 15) is 14.0 Å². The molecule has 0 radical (unpaired) electrons. The van der Waals surface area contributed by atoms with E-state index in [1.807, 2.05) is 0 Å². The molecule has 2 aromatic heterocycles. The molecule has 2 aliphatic heterocycles. The largest absolute Gasteiger partial charge is 0.465 e. The van der Waals surface area contributed by atoms with E-state index in [0.717, 1.165) is 52.1 Å². The van der Waals surface area contributed by atoms with Crippen molar-refractivity contribution in [1.29, 1.82) is 0 Å². The molecule has 4 heterocycles. The maximum absolute atomic E-state index is 13.8. The molecule has 45 heavy (non-hydrogen) atoms. The van der Waals surface area contributed by atoms with Crippen molar-refractivity contribution in [2.24, 2.45) is 17.1 Å². The second-order valence-corrected chi connectivity index (χ2v) is 12.0. The van der Waals surface area contributed by atoms with Gasteiger partial charge >= 0.3 is 11.8 Å². The van der Waals surface area contributed by atoms with Gasteiger partial charge in [-0.3, -0.25) is 14.5 Å². The van der Waals surface area contributed by atoms with Crippen molar-refractivity contribution >= 4 is 17.8 Å². The van der Waals surface area contributed by atoms with Crippen LogP contribution in [0, 0.1) is 17.2 Å². The van der Waals surface area contributed by atoms with Crippen LogP contribution in [0.1, 0.15) is 32.0 Å². The lowest BCUT2D eigenvalue weighted by Gasteiger charge is -2.40. The van der Waals surface area contributed by atoms with E-state index < -0.39 is 28.9 Å². The van der Waals surface area contributed by atoms with Gasteiger partial charge in [0.05, 0.1) is 50.1 Å². The quantitative estimate of drug-likeness (QED) is 0.200. The maximum atomic E-state index is 13.8. The highest BCUT2D eigenvalue weighted by molar-refractivity contribution is 5.85. The summed E-state index contributed by atoms with van der Waals surface area (Å²) in [5, 5.41) is 3.27. The highest BCUT2D eigenvalue weighted by Crippen LogP contribution is 2.40. The van der Waals surface area contributed by atoms with Gasteiger partial charge in [0.15, 0.2) is 5.82 Å². The minimum Gasteiger partial charge on any atom is -0.465 e. The first-order chi connectivity index (χ1) is 21.8. The van der Waals surface area contributed by atoms with E-state index in [1.54, 1.807) is 31.3 Å². The smallest absolute Gasteiger partial charge is 0.316 e. The van der Waals surface area contributed by atoms with Crippen LogP contribution in [0.3, 0.4) is 0 Å². The third kappa shape index (κ3) is 6.98. The van der Waals surface area contributed by atoms with Gasteiger partial charge in [0.1, 0.15) is 11.2 Å². The molecular formula is C31H38FN7O6. The van der Waals surface area contributed by atoms with E-state index in [-0.39, 0.29) is 19.0 Å². The molecule has 13 nitrogen and oxygen atoms in total. The first-order valence-electron chi connectivity index (χ1n) is 15.2. The molecule has 0 atom stereocenters. The Morgan fingerprint density at radius 1 is 1.13 bits per heavy atom. The van der Waals surface area contributed by atoms with Crippen molar-refractivity contribution in [2.75, 3.05) is 64.5 Å². The number of imidazole rings is 1. The number of nitrogens with zero attached hydrogens (tertiary/aromatic N) is 4. The minimum atomic E-state index is -2.11. The third-order valence-electron chi connectivity index (χ3n) is 8.24. The summed E-state index contributed by atoms with van der Waals surface area (Å²) < 4.78 is 36.7. The number of morpholine rings is 1. The van der Waals surface area contributed by atoms with Crippen LogP contribution in [0.15, 0.2) is 36.5 Å². The Bertz CT molecular complexity index is 1500. The van der Waals surface area contributed by atoms with Crippen molar-refractivity contribution < 1.29 is 32.9 Å². The molecular weight excluding hydrogens is 585 g/mol. The van der Waals surface area contributed by atoms with Crippen LogP contribution >= 0.6 is 0 Å². The van der Waals surface area contributed by atoms with Gasteiger partial charge in [-0.1, -0.05) is 0 Å². The number of aromatic amines is 1. The molecule has 6 rings (SSSR count). The average molecular weight is 624 g/mol. The lowest BCUT2D eigenvalue weighted by atomic mass is 9.91. The fourth-order valence-corrected chi connectivity index (χ4v) is 5.21. The molecule has 240 valence electrons. The topological polar surface area (TPSA) is 167 Å². The monoisotopic (exact) mass is 623 g/mol. The number of H-pyrrole nitrogens is 1. The van der Waals surface area contributed by atoms with E-state index in [2.05, 4.69) is 30.2 Å². The third-order valence-corrected chi connectivity index (χ3v) is 8.24. The van der Waals surface area contributed by atoms with E-state index in [4.69, 9.17) is 24.7 Å². The second-order valence-electron chi connectivity index (χ2n) is 12.0. The number of nitrogens with one attached hydrogen (secondary N) is 2.